The first-order valence-electron chi connectivity index (χ1n) is 13.8. The molecule has 2 atom stereocenters. The number of nitrogens with zero attached hydrogens (tertiary/aromatic N) is 3. The Morgan fingerprint density at radius 3 is 2.68 bits per heavy atom. The highest BCUT2D eigenvalue weighted by Crippen LogP contribution is 2.43. The number of aliphatic hydroxyl groups is 1. The summed E-state index contributed by atoms with van der Waals surface area (Å²) in [6.07, 6.45) is 5.65. The van der Waals surface area contributed by atoms with E-state index < -0.39 is 17.3 Å². The fourth-order valence-electron chi connectivity index (χ4n) is 5.17. The number of nitrogens with one attached hydrogen (secondary N) is 1. The Balaban J connectivity index is 1.57. The molecule has 0 radical (unpaired) electrons. The van der Waals surface area contributed by atoms with Gasteiger partial charge in [-0.15, -0.1) is 4.31 Å². The zero-order valence-corrected chi connectivity index (χ0v) is 23.7. The van der Waals surface area contributed by atoms with Crippen molar-refractivity contribution in [1.29, 1.82) is 0 Å². The van der Waals surface area contributed by atoms with Gasteiger partial charge in [0.1, 0.15) is 17.3 Å². The lowest BCUT2D eigenvalue weighted by Gasteiger charge is -2.26. The zero-order valence-electron chi connectivity index (χ0n) is 22.9. The van der Waals surface area contributed by atoms with Crippen LogP contribution in [0, 0.1) is 5.82 Å². The first-order valence-corrected chi connectivity index (χ1v) is 15.1. The predicted molar refractivity (Wildman–Crippen MR) is 158 cm³/mol. The van der Waals surface area contributed by atoms with Crippen LogP contribution in [-0.2, 0) is 24.5 Å². The molecule has 5 rings (SSSR count). The smallest absolute Gasteiger partial charge is 0.270 e. The van der Waals surface area contributed by atoms with Gasteiger partial charge in [0.15, 0.2) is 0 Å². The van der Waals surface area contributed by atoms with E-state index >= 15 is 0 Å². The molecule has 0 spiro atoms. The maximum absolute atomic E-state index is 14.2. The van der Waals surface area contributed by atoms with Crippen molar-refractivity contribution in [2.45, 2.75) is 45.3 Å². The molecule has 1 aliphatic rings. The molecule has 7 nitrogen and oxygen atoms in total. The number of unbranched alkanes of at least 4 members (excludes halogenated alkanes) is 1. The third-order valence-corrected chi connectivity index (χ3v) is 8.79. The Hall–Kier alpha value is -3.63. The molecule has 212 valence electrons. The Morgan fingerprint density at radius 1 is 1.12 bits per heavy atom. The van der Waals surface area contributed by atoms with Gasteiger partial charge in [0, 0.05) is 59.2 Å². The van der Waals surface area contributed by atoms with Gasteiger partial charge in [-0.2, -0.15) is 0 Å². The van der Waals surface area contributed by atoms with Gasteiger partial charge in [-0.1, -0.05) is 55.8 Å². The van der Waals surface area contributed by atoms with Crippen LogP contribution in [0.15, 0.2) is 79.1 Å². The lowest BCUT2D eigenvalue weighted by atomic mass is 9.94. The number of carbonyl (C=O) groups excluding carboxylic acids is 1. The number of rotatable bonds is 11. The molecule has 0 bridgehead atoms. The number of hydrogen-bond acceptors (Lipinski definition) is 6. The van der Waals surface area contributed by atoms with Crippen LogP contribution < -0.4 is 5.32 Å². The molecule has 41 heavy (non-hydrogen) atoms. The van der Waals surface area contributed by atoms with E-state index in [9.17, 15) is 18.8 Å². The zero-order chi connectivity index (χ0) is 28.8. The summed E-state index contributed by atoms with van der Waals surface area (Å²) in [6.45, 7) is 2.38. The normalized spacial score (nSPS) is 15.5. The number of aliphatic hydroxyl groups excluding tert-OH is 1. The lowest BCUT2D eigenvalue weighted by Crippen LogP contribution is -2.32. The van der Waals surface area contributed by atoms with Crippen molar-refractivity contribution in [3.8, 4) is 22.4 Å². The standard InChI is InChI=1S/C32H33FN4O3S/c1-2-3-16-41(40)37-21-26-18-28(32(39)35-20-25-8-4-5-12-27(25)33)36-31(30(26)29(37)13-15-38)23-10-6-9-22(17-23)24-11-7-14-34-19-24/h4-12,14,17-19,29,38H,2-3,13,15-16,20-21H2,1H3,(H,35,39)/t29-,41-/m1/s1. The molecular formula is C32H33FN4O3S. The molecule has 9 heteroatoms. The minimum absolute atomic E-state index is 0.0242. The van der Waals surface area contributed by atoms with Crippen LogP contribution in [0.4, 0.5) is 4.39 Å². The van der Waals surface area contributed by atoms with Crippen molar-refractivity contribution in [1.82, 2.24) is 19.6 Å². The van der Waals surface area contributed by atoms with E-state index in [1.807, 2.05) is 40.7 Å². The third kappa shape index (κ3) is 6.49. The SMILES string of the molecule is CCCC[S@@+]([O-])N1Cc2cc(C(=O)NCc3ccccc3F)nc(-c3cccc(-c4cccnc4)c3)c2[C@H]1CCO. The number of aromatic nitrogens is 2. The van der Waals surface area contributed by atoms with Crippen LogP contribution in [0.3, 0.4) is 0 Å². The van der Waals surface area contributed by atoms with E-state index in [0.29, 0.717) is 30.0 Å². The average Bonchev–Trinajstić information content (AvgIpc) is 3.38. The first kappa shape index (κ1) is 28.9. The number of pyridine rings is 2. The summed E-state index contributed by atoms with van der Waals surface area (Å²) >= 11 is -1.26. The molecule has 4 aromatic rings. The highest BCUT2D eigenvalue weighted by Gasteiger charge is 2.40. The highest BCUT2D eigenvalue weighted by atomic mass is 32.2. The predicted octanol–water partition coefficient (Wildman–Crippen LogP) is 5.58. The summed E-state index contributed by atoms with van der Waals surface area (Å²) in [5, 5.41) is 12.8. The maximum Gasteiger partial charge on any atom is 0.270 e. The third-order valence-electron chi connectivity index (χ3n) is 7.25. The number of benzene rings is 2. The molecule has 2 N–H and O–H groups in total. The molecule has 1 amide bonds. The Labute approximate surface area is 242 Å². The minimum atomic E-state index is -1.26. The van der Waals surface area contributed by atoms with Crippen molar-refractivity contribution < 1.29 is 18.8 Å². The lowest BCUT2D eigenvalue weighted by molar-refractivity contribution is 0.0945. The van der Waals surface area contributed by atoms with Crippen LogP contribution in [0.5, 0.6) is 0 Å². The van der Waals surface area contributed by atoms with Crippen molar-refractivity contribution >= 4 is 17.3 Å². The molecule has 1 aliphatic heterocycles. The Kier molecular flexibility index (Phi) is 9.41. The molecule has 0 saturated carbocycles. The molecule has 2 aromatic heterocycles. The summed E-state index contributed by atoms with van der Waals surface area (Å²) < 4.78 is 29.5. The number of hydrogen-bond donors (Lipinski definition) is 2. The van der Waals surface area contributed by atoms with Crippen molar-refractivity contribution in [2.24, 2.45) is 0 Å². The van der Waals surface area contributed by atoms with Gasteiger partial charge in [-0.3, -0.25) is 9.78 Å². The monoisotopic (exact) mass is 572 g/mol. The number of fused-ring (bicyclic) bond motifs is 1. The fraction of sp³-hybridized carbons (Fsp3) is 0.281. The van der Waals surface area contributed by atoms with Crippen LogP contribution in [0.25, 0.3) is 22.4 Å². The second-order valence-corrected chi connectivity index (χ2v) is 11.5. The Bertz CT molecular complexity index is 1500. The van der Waals surface area contributed by atoms with Crippen LogP contribution >= 0.6 is 0 Å². The molecule has 2 aromatic carbocycles. The molecule has 3 heterocycles. The van der Waals surface area contributed by atoms with Crippen LogP contribution in [-0.4, -0.2) is 42.2 Å². The van der Waals surface area contributed by atoms with Gasteiger partial charge in [-0.25, -0.2) is 9.37 Å². The van der Waals surface area contributed by atoms with Crippen molar-refractivity contribution in [3.63, 3.8) is 0 Å². The summed E-state index contributed by atoms with van der Waals surface area (Å²) in [6, 6.07) is 19.5. The van der Waals surface area contributed by atoms with Crippen LogP contribution in [0.1, 0.15) is 59.4 Å². The average molecular weight is 573 g/mol. The van der Waals surface area contributed by atoms with Gasteiger partial charge in [0.2, 0.25) is 0 Å². The van der Waals surface area contributed by atoms with Gasteiger partial charge in [-0.05, 0) is 48.2 Å². The Morgan fingerprint density at radius 2 is 1.93 bits per heavy atom. The van der Waals surface area contributed by atoms with Gasteiger partial charge in [0.25, 0.3) is 5.91 Å². The molecule has 0 aliphatic carbocycles. The van der Waals surface area contributed by atoms with E-state index in [0.717, 1.165) is 40.7 Å². The quantitative estimate of drug-likeness (QED) is 0.228. The van der Waals surface area contributed by atoms with Crippen LogP contribution in [0.2, 0.25) is 0 Å². The largest absolute Gasteiger partial charge is 0.598 e. The van der Waals surface area contributed by atoms with Gasteiger partial charge in [0.05, 0.1) is 18.3 Å². The van der Waals surface area contributed by atoms with Crippen molar-refractivity contribution in [2.75, 3.05) is 12.4 Å². The highest BCUT2D eigenvalue weighted by molar-refractivity contribution is 7.89. The van der Waals surface area contributed by atoms with Gasteiger partial charge >= 0.3 is 0 Å². The van der Waals surface area contributed by atoms with E-state index in [2.05, 4.69) is 17.2 Å². The van der Waals surface area contributed by atoms with E-state index in [-0.39, 0.29) is 30.7 Å². The number of halogens is 1. The van der Waals surface area contributed by atoms with E-state index in [1.165, 1.54) is 6.07 Å². The topological polar surface area (TPSA) is 101 Å². The summed E-state index contributed by atoms with van der Waals surface area (Å²) in [4.78, 5) is 22.4. The molecule has 0 unspecified atom stereocenters. The summed E-state index contributed by atoms with van der Waals surface area (Å²) in [5.41, 5.74) is 5.60. The molecule has 0 fully saturated rings. The molecular weight excluding hydrogens is 539 g/mol. The van der Waals surface area contributed by atoms with Crippen molar-refractivity contribution in [3.05, 3.63) is 107 Å². The van der Waals surface area contributed by atoms with E-state index in [4.69, 9.17) is 4.98 Å². The second-order valence-electron chi connectivity index (χ2n) is 10.0. The first-order chi connectivity index (χ1) is 20.0. The number of amides is 1. The number of carbonyl (C=O) groups is 1. The minimum Gasteiger partial charge on any atom is -0.598 e. The molecule has 0 saturated heterocycles. The fourth-order valence-corrected chi connectivity index (χ4v) is 6.71. The summed E-state index contributed by atoms with van der Waals surface area (Å²) in [7, 11) is 0. The van der Waals surface area contributed by atoms with E-state index in [1.54, 1.807) is 36.7 Å². The second kappa shape index (κ2) is 13.4. The summed E-state index contributed by atoms with van der Waals surface area (Å²) in [5.74, 6) is -0.286. The van der Waals surface area contributed by atoms with Gasteiger partial charge < -0.3 is 15.0 Å². The maximum atomic E-state index is 14.2.